The standard InChI is InChI=1S/C26H21ClFN5O3/c27-21-13-20-24(23(28)22(21)19-12-17(35)11-15-3-1-2-4-18(15)19)31-26(36-10-9-34)32-25(20)33-8-7-30-16(14-33)5-6-29/h1-4,9,11-13,16,30,35H,5,7-8,10,14H2/t16-/m0/s1. The Kier molecular flexibility index (Phi) is 6.55. The van der Waals surface area contributed by atoms with Gasteiger partial charge in [-0.1, -0.05) is 35.9 Å². The maximum atomic E-state index is 16.3. The predicted octanol–water partition coefficient (Wildman–Crippen LogP) is 4.22. The highest BCUT2D eigenvalue weighted by Crippen LogP contribution is 2.42. The van der Waals surface area contributed by atoms with E-state index in [0.29, 0.717) is 54.5 Å². The van der Waals surface area contributed by atoms with Crippen LogP contribution >= 0.6 is 11.6 Å². The highest BCUT2D eigenvalue weighted by molar-refractivity contribution is 6.35. The van der Waals surface area contributed by atoms with E-state index in [1.165, 1.54) is 6.07 Å². The van der Waals surface area contributed by atoms with E-state index in [1.54, 1.807) is 12.1 Å². The molecule has 182 valence electrons. The van der Waals surface area contributed by atoms with Gasteiger partial charge in [0.15, 0.2) is 12.1 Å². The number of rotatable bonds is 6. The van der Waals surface area contributed by atoms with Crippen molar-refractivity contribution in [3.8, 4) is 29.0 Å². The molecule has 0 amide bonds. The lowest BCUT2D eigenvalue weighted by atomic mass is 9.96. The van der Waals surface area contributed by atoms with Crippen LogP contribution < -0.4 is 15.0 Å². The van der Waals surface area contributed by atoms with Crippen LogP contribution in [0.5, 0.6) is 11.8 Å². The number of hydrogen-bond acceptors (Lipinski definition) is 8. The first-order valence-electron chi connectivity index (χ1n) is 11.3. The number of fused-ring (bicyclic) bond motifs is 2. The first kappa shape index (κ1) is 23.7. The number of carbonyl (C=O) groups is 1. The Morgan fingerprint density at radius 2 is 2.11 bits per heavy atom. The summed E-state index contributed by atoms with van der Waals surface area (Å²) in [5.74, 6) is -0.322. The van der Waals surface area contributed by atoms with Crippen LogP contribution in [0.3, 0.4) is 0 Å². The van der Waals surface area contributed by atoms with Gasteiger partial charge in [0.25, 0.3) is 0 Å². The molecule has 1 aliphatic rings. The smallest absolute Gasteiger partial charge is 0.319 e. The summed E-state index contributed by atoms with van der Waals surface area (Å²) in [6, 6.07) is 13.9. The molecule has 2 N–H and O–H groups in total. The molecule has 0 aliphatic carbocycles. The van der Waals surface area contributed by atoms with Crippen molar-refractivity contribution in [2.24, 2.45) is 0 Å². The molecule has 0 unspecified atom stereocenters. The molecule has 0 radical (unpaired) electrons. The molecule has 0 saturated carbocycles. The van der Waals surface area contributed by atoms with E-state index in [0.717, 1.165) is 5.39 Å². The minimum Gasteiger partial charge on any atom is -0.508 e. The second kappa shape index (κ2) is 9.93. The summed E-state index contributed by atoms with van der Waals surface area (Å²) in [7, 11) is 0. The third-order valence-corrected chi connectivity index (χ3v) is 6.43. The number of phenols is 1. The molecule has 0 spiro atoms. The molecule has 1 atom stereocenters. The van der Waals surface area contributed by atoms with Gasteiger partial charge in [-0.25, -0.2) is 4.39 Å². The highest BCUT2D eigenvalue weighted by Gasteiger charge is 2.26. The molecule has 8 nitrogen and oxygen atoms in total. The molecular weight excluding hydrogens is 485 g/mol. The Hall–Kier alpha value is -4.00. The maximum absolute atomic E-state index is 16.3. The van der Waals surface area contributed by atoms with E-state index in [4.69, 9.17) is 21.6 Å². The fourth-order valence-corrected chi connectivity index (χ4v) is 4.88. The summed E-state index contributed by atoms with van der Waals surface area (Å²) in [5, 5.41) is 24.7. The minimum atomic E-state index is -0.698. The van der Waals surface area contributed by atoms with Crippen LogP contribution in [-0.4, -0.2) is 53.6 Å². The third-order valence-electron chi connectivity index (χ3n) is 6.13. The number of ether oxygens (including phenoxy) is 1. The molecule has 1 saturated heterocycles. The van der Waals surface area contributed by atoms with Crippen molar-refractivity contribution in [3.63, 3.8) is 0 Å². The quantitative estimate of drug-likeness (QED) is 0.375. The highest BCUT2D eigenvalue weighted by atomic mass is 35.5. The van der Waals surface area contributed by atoms with Gasteiger partial charge in [0.05, 0.1) is 17.5 Å². The fourth-order valence-electron chi connectivity index (χ4n) is 4.59. The van der Waals surface area contributed by atoms with Crippen LogP contribution in [0, 0.1) is 17.1 Å². The predicted molar refractivity (Wildman–Crippen MR) is 135 cm³/mol. The van der Waals surface area contributed by atoms with Gasteiger partial charge < -0.3 is 20.1 Å². The topological polar surface area (TPSA) is 111 Å². The lowest BCUT2D eigenvalue weighted by Gasteiger charge is -2.34. The lowest BCUT2D eigenvalue weighted by Crippen LogP contribution is -2.51. The van der Waals surface area contributed by atoms with Gasteiger partial charge in [0, 0.05) is 36.6 Å². The monoisotopic (exact) mass is 505 g/mol. The number of piperazine rings is 1. The Morgan fingerprint density at radius 3 is 2.92 bits per heavy atom. The van der Waals surface area contributed by atoms with E-state index >= 15 is 4.39 Å². The maximum Gasteiger partial charge on any atom is 0.319 e. The Balaban J connectivity index is 1.74. The van der Waals surface area contributed by atoms with Crippen molar-refractivity contribution in [1.29, 1.82) is 5.26 Å². The Bertz CT molecular complexity index is 1520. The summed E-state index contributed by atoms with van der Waals surface area (Å²) >= 11 is 6.68. The molecule has 36 heavy (non-hydrogen) atoms. The SMILES string of the molecule is N#CC[C@H]1CN(c2nc(OCC=O)nc3c(F)c(-c4cc(O)cc5ccccc45)c(Cl)cc23)CCN1. The van der Waals surface area contributed by atoms with E-state index in [9.17, 15) is 9.90 Å². The molecule has 1 fully saturated rings. The number of nitrogens with one attached hydrogen (secondary N) is 1. The lowest BCUT2D eigenvalue weighted by molar-refractivity contribution is -0.109. The zero-order valence-corrected chi connectivity index (χ0v) is 19.8. The molecule has 10 heteroatoms. The van der Waals surface area contributed by atoms with Gasteiger partial charge in [-0.05, 0) is 34.5 Å². The molecular formula is C26H21ClFN5O3. The second-order valence-electron chi connectivity index (χ2n) is 8.42. The number of anilines is 1. The van der Waals surface area contributed by atoms with Gasteiger partial charge in [-0.15, -0.1) is 0 Å². The van der Waals surface area contributed by atoms with Crippen molar-refractivity contribution >= 4 is 45.4 Å². The van der Waals surface area contributed by atoms with Gasteiger partial charge in [0.1, 0.15) is 23.7 Å². The van der Waals surface area contributed by atoms with E-state index in [1.807, 2.05) is 29.2 Å². The zero-order valence-electron chi connectivity index (χ0n) is 19.0. The number of aromatic nitrogens is 2. The number of benzene rings is 3. The van der Waals surface area contributed by atoms with Crippen LogP contribution in [-0.2, 0) is 4.79 Å². The Morgan fingerprint density at radius 1 is 1.28 bits per heavy atom. The number of hydrogen-bond donors (Lipinski definition) is 2. The van der Waals surface area contributed by atoms with Crippen molar-refractivity contribution in [3.05, 3.63) is 53.3 Å². The number of carbonyl (C=O) groups excluding carboxylic acids is 1. The molecule has 1 aromatic heterocycles. The largest absolute Gasteiger partial charge is 0.508 e. The van der Waals surface area contributed by atoms with Crippen LogP contribution in [0.25, 0.3) is 32.8 Å². The second-order valence-corrected chi connectivity index (χ2v) is 8.83. The van der Waals surface area contributed by atoms with Crippen LogP contribution in [0.4, 0.5) is 10.2 Å². The number of aldehydes is 1. The number of nitriles is 1. The molecule has 3 aromatic carbocycles. The Labute approximate surface area is 210 Å². The van der Waals surface area contributed by atoms with E-state index in [2.05, 4.69) is 21.4 Å². The van der Waals surface area contributed by atoms with Crippen molar-refractivity contribution < 1.29 is 19.0 Å². The number of halogens is 2. The van der Waals surface area contributed by atoms with Gasteiger partial charge in [-0.3, -0.25) is 4.79 Å². The normalized spacial score (nSPS) is 15.7. The van der Waals surface area contributed by atoms with Crippen LogP contribution in [0.1, 0.15) is 6.42 Å². The number of aromatic hydroxyl groups is 1. The summed E-state index contributed by atoms with van der Waals surface area (Å²) in [4.78, 5) is 21.6. The fraction of sp³-hybridized carbons (Fsp3) is 0.231. The van der Waals surface area contributed by atoms with E-state index < -0.39 is 5.82 Å². The summed E-state index contributed by atoms with van der Waals surface area (Å²) in [5.41, 5.74) is 0.481. The van der Waals surface area contributed by atoms with Gasteiger partial charge >= 0.3 is 6.01 Å². The summed E-state index contributed by atoms with van der Waals surface area (Å²) < 4.78 is 21.6. The third kappa shape index (κ3) is 4.37. The molecule has 0 bridgehead atoms. The molecule has 4 aromatic rings. The average molecular weight is 506 g/mol. The first-order valence-corrected chi connectivity index (χ1v) is 11.7. The average Bonchev–Trinajstić information content (AvgIpc) is 2.87. The van der Waals surface area contributed by atoms with Gasteiger partial charge in [0.2, 0.25) is 0 Å². The van der Waals surface area contributed by atoms with Crippen molar-refractivity contribution in [1.82, 2.24) is 15.3 Å². The van der Waals surface area contributed by atoms with Crippen molar-refractivity contribution in [2.45, 2.75) is 12.5 Å². The van der Waals surface area contributed by atoms with Gasteiger partial charge in [-0.2, -0.15) is 15.2 Å². The van der Waals surface area contributed by atoms with Crippen molar-refractivity contribution in [2.75, 3.05) is 31.1 Å². The summed E-state index contributed by atoms with van der Waals surface area (Å²) in [6.45, 7) is 1.33. The first-order chi connectivity index (χ1) is 17.5. The molecule has 1 aliphatic heterocycles. The number of nitrogens with zero attached hydrogens (tertiary/aromatic N) is 4. The van der Waals surface area contributed by atoms with Crippen LogP contribution in [0.15, 0.2) is 42.5 Å². The zero-order chi connectivity index (χ0) is 25.2. The van der Waals surface area contributed by atoms with Crippen LogP contribution in [0.2, 0.25) is 5.02 Å². The molecule has 5 rings (SSSR count). The van der Waals surface area contributed by atoms with E-state index in [-0.39, 0.29) is 40.5 Å². The minimum absolute atomic E-state index is 0.0249. The molecule has 2 heterocycles. The number of phenolic OH excluding ortho intramolecular Hbond substituents is 1. The summed E-state index contributed by atoms with van der Waals surface area (Å²) in [6.07, 6.45) is 0.862.